The minimum absolute atomic E-state index is 0. The predicted molar refractivity (Wildman–Crippen MR) is 100 cm³/mol. The topological polar surface area (TPSA) is 58.6 Å². The number of rotatable bonds is 18. The molecule has 0 aliphatic rings. The maximum Gasteiger partial charge on any atom is 1.00 e. The van der Waals surface area contributed by atoms with Gasteiger partial charge >= 0.3 is 113 Å². The Bertz CT molecular complexity index is 1340. The molecule has 0 spiro atoms. The summed E-state index contributed by atoms with van der Waals surface area (Å²) < 4.78 is 410. The molecule has 0 fully saturated rings. The Balaban J connectivity index is 0. The SMILES string of the molecule is O=P([O-])(O[13CH2][13CH2]C(F)(F)C(F)(F)C(F)(F)C(F)(F)C(F)(F)C(F)(F)F)O[13CH2][13CH2]C(F)(F)C(F)(F)C(F)(F)C(F)(F)C(F)(F)C(F)(F)C(F)(F)C(F)(F)F.[Na+]. The van der Waals surface area contributed by atoms with Gasteiger partial charge in [-0.3, -0.25) is 4.57 Å². The first kappa shape index (κ1) is 55.1. The molecular formula is C18H8F30NaO4P. The largest absolute Gasteiger partial charge is 1.00 e. The van der Waals surface area contributed by atoms with Crippen molar-refractivity contribution >= 4 is 7.82 Å². The van der Waals surface area contributed by atoms with Crippen LogP contribution in [0, 0.1) is 0 Å². The van der Waals surface area contributed by atoms with Crippen LogP contribution in [0.5, 0.6) is 0 Å². The first-order chi connectivity index (χ1) is 22.4. The molecule has 0 radical (unpaired) electrons. The van der Waals surface area contributed by atoms with Gasteiger partial charge in [0.15, 0.2) is 0 Å². The van der Waals surface area contributed by atoms with Gasteiger partial charge < -0.3 is 13.9 Å². The van der Waals surface area contributed by atoms with Crippen molar-refractivity contribution in [2.24, 2.45) is 0 Å². The van der Waals surface area contributed by atoms with Crippen LogP contribution >= 0.6 is 7.82 Å². The van der Waals surface area contributed by atoms with E-state index in [2.05, 4.69) is 9.05 Å². The maximum atomic E-state index is 13.7. The molecule has 0 rings (SSSR count). The second-order valence-corrected chi connectivity index (χ2v) is 11.2. The Morgan fingerprint density at radius 1 is 0.333 bits per heavy atom. The summed E-state index contributed by atoms with van der Waals surface area (Å²) in [5, 5.41) is 0. The van der Waals surface area contributed by atoms with E-state index in [0.29, 0.717) is 0 Å². The Morgan fingerprint density at radius 2 is 0.500 bits per heavy atom. The third-order valence-corrected chi connectivity index (χ3v) is 7.11. The van der Waals surface area contributed by atoms with E-state index in [0.717, 1.165) is 0 Å². The quantitative estimate of drug-likeness (QED) is 0.0643. The standard InChI is InChI=1S/C18H9F30O4P.Na/c19-5(20,7(23,24)9(27,28)11(31,32)12(33,34)14(37,38)16(41,42)18(46,47)48)1-3-51-53(49,50)52-4-2-6(21,22)8(25,26)10(29,30)13(35,36)15(39,40)17(43,44)45;/h1-4H2,(H,49,50);/q;+1/p-1/i1+1,2+1,3+1,4+1;. The van der Waals surface area contributed by atoms with Gasteiger partial charge in [-0.25, -0.2) is 0 Å². The van der Waals surface area contributed by atoms with Gasteiger partial charge in [-0.1, -0.05) is 0 Å². The van der Waals surface area contributed by atoms with Crippen LogP contribution in [0.25, 0.3) is 0 Å². The van der Waals surface area contributed by atoms with Gasteiger partial charge in [-0.15, -0.1) is 0 Å². The van der Waals surface area contributed by atoms with E-state index >= 15 is 0 Å². The maximum absolute atomic E-state index is 13.7. The monoisotopic (exact) mass is 916 g/mol. The molecule has 0 saturated carbocycles. The Morgan fingerprint density at radius 3 is 0.685 bits per heavy atom. The Kier molecular flexibility index (Phi) is 15.3. The predicted octanol–water partition coefficient (Wildman–Crippen LogP) is 7.02. The molecule has 54 heavy (non-hydrogen) atoms. The van der Waals surface area contributed by atoms with Crippen LogP contribution in [0.15, 0.2) is 0 Å². The molecule has 0 aromatic rings. The van der Waals surface area contributed by atoms with Crippen LogP contribution in [0.1, 0.15) is 12.8 Å². The molecule has 1 atom stereocenters. The molecule has 0 aromatic heterocycles. The molecule has 0 heterocycles. The molecule has 1 unspecified atom stereocenters. The smallest absolute Gasteiger partial charge is 0.756 e. The molecule has 0 N–H and O–H groups in total. The number of phosphoric acid groups is 1. The second kappa shape index (κ2) is 15.0. The van der Waals surface area contributed by atoms with Gasteiger partial charge in [-0.2, -0.15) is 132 Å². The van der Waals surface area contributed by atoms with Crippen LogP contribution < -0.4 is 34.5 Å². The van der Waals surface area contributed by atoms with E-state index in [1.54, 1.807) is 0 Å². The first-order valence-electron chi connectivity index (χ1n) is 11.7. The molecule has 4 nitrogen and oxygen atoms in total. The van der Waals surface area contributed by atoms with E-state index < -0.39 is 117 Å². The summed E-state index contributed by atoms with van der Waals surface area (Å²) in [6, 6.07) is 0. The minimum atomic E-state index is -9.06. The molecule has 0 aliphatic heterocycles. The van der Waals surface area contributed by atoms with Gasteiger partial charge in [0.1, 0.15) is 0 Å². The molecule has 0 aromatic carbocycles. The summed E-state index contributed by atoms with van der Waals surface area (Å²) in [6.45, 7) is -6.03. The summed E-state index contributed by atoms with van der Waals surface area (Å²) in [5.74, 6) is -100. The minimum Gasteiger partial charge on any atom is -0.756 e. The fourth-order valence-electron chi connectivity index (χ4n) is 2.92. The zero-order chi connectivity index (χ0) is 43.7. The summed E-state index contributed by atoms with van der Waals surface area (Å²) in [6.07, 6.45) is -23.1. The van der Waals surface area contributed by atoms with Crippen molar-refractivity contribution in [2.75, 3.05) is 13.2 Å². The zero-order valence-corrected chi connectivity index (χ0v) is 27.1. The van der Waals surface area contributed by atoms with Crippen molar-refractivity contribution < 1.29 is 180 Å². The fraction of sp³-hybridized carbons (Fsp3) is 1.00. The number of halogens is 30. The molecule has 320 valence electrons. The van der Waals surface area contributed by atoms with Crippen molar-refractivity contribution in [3.8, 4) is 0 Å². The fourth-order valence-corrected chi connectivity index (χ4v) is 3.63. The van der Waals surface area contributed by atoms with Gasteiger partial charge in [0.05, 0.1) is 13.2 Å². The molecule has 0 bridgehead atoms. The average Bonchev–Trinajstić information content (AvgIpc) is 2.90. The van der Waals surface area contributed by atoms with Gasteiger partial charge in [0.25, 0.3) is 7.82 Å². The van der Waals surface area contributed by atoms with E-state index in [1.165, 1.54) is 0 Å². The van der Waals surface area contributed by atoms with Crippen LogP contribution in [0.2, 0.25) is 0 Å². The molecule has 0 amide bonds. The van der Waals surface area contributed by atoms with Crippen molar-refractivity contribution in [2.45, 2.75) is 96.3 Å². The normalized spacial score (nSPS) is 17.3. The number of hydrogen-bond donors (Lipinski definition) is 0. The van der Waals surface area contributed by atoms with E-state index in [4.69, 9.17) is 0 Å². The summed E-state index contributed by atoms with van der Waals surface area (Å²) in [5.41, 5.74) is 0. The molecule has 36 heteroatoms. The third-order valence-electron chi connectivity index (χ3n) is 6.12. The van der Waals surface area contributed by atoms with E-state index in [-0.39, 0.29) is 29.6 Å². The van der Waals surface area contributed by atoms with Gasteiger partial charge in [0.2, 0.25) is 0 Å². The van der Waals surface area contributed by atoms with Crippen molar-refractivity contribution in [1.29, 1.82) is 0 Å². The van der Waals surface area contributed by atoms with Crippen LogP contribution in [-0.2, 0) is 13.6 Å². The van der Waals surface area contributed by atoms with Crippen LogP contribution in [0.4, 0.5) is 132 Å². The number of hydrogen-bond acceptors (Lipinski definition) is 4. The summed E-state index contributed by atoms with van der Waals surface area (Å²) in [7, 11) is -7.00. The third kappa shape index (κ3) is 8.43. The molecular weight excluding hydrogens is 908 g/mol. The Labute approximate surface area is 297 Å². The van der Waals surface area contributed by atoms with E-state index in [9.17, 15) is 141 Å². The summed E-state index contributed by atoms with van der Waals surface area (Å²) in [4.78, 5) is 11.3. The van der Waals surface area contributed by atoms with Crippen molar-refractivity contribution in [3.05, 3.63) is 0 Å². The summed E-state index contributed by atoms with van der Waals surface area (Å²) >= 11 is 0. The molecule has 0 aliphatic carbocycles. The second-order valence-electron chi connectivity index (χ2n) is 9.76. The van der Waals surface area contributed by atoms with Crippen molar-refractivity contribution in [1.82, 2.24) is 0 Å². The zero-order valence-electron chi connectivity index (χ0n) is 24.2. The number of phosphoric ester groups is 1. The van der Waals surface area contributed by atoms with Crippen molar-refractivity contribution in [3.63, 3.8) is 0 Å². The first-order valence-corrected chi connectivity index (χ1v) is 13.1. The van der Waals surface area contributed by atoms with Gasteiger partial charge in [-0.05, 0) is 0 Å². The van der Waals surface area contributed by atoms with Crippen LogP contribution in [0.3, 0.4) is 0 Å². The number of alkyl halides is 30. The average molecular weight is 916 g/mol. The van der Waals surface area contributed by atoms with Gasteiger partial charge in [0, 0.05) is 12.8 Å². The molecule has 0 saturated heterocycles. The van der Waals surface area contributed by atoms with Crippen LogP contribution in [-0.4, -0.2) is 96.6 Å². The van der Waals surface area contributed by atoms with E-state index in [1.807, 2.05) is 0 Å². The Hall–Kier alpha value is -0.990.